The second-order valence-corrected chi connectivity index (χ2v) is 5.56. The molecule has 1 unspecified atom stereocenters. The molecule has 2 fully saturated rings. The minimum absolute atomic E-state index is 0.0803. The van der Waals surface area contributed by atoms with Gasteiger partial charge >= 0.3 is 12.0 Å². The quantitative estimate of drug-likeness (QED) is 0.648. The summed E-state index contributed by atoms with van der Waals surface area (Å²) < 4.78 is 4.71. The van der Waals surface area contributed by atoms with Gasteiger partial charge in [0.15, 0.2) is 0 Å². The molecule has 6 heteroatoms. The summed E-state index contributed by atoms with van der Waals surface area (Å²) in [7, 11) is 1.40. The molecule has 0 aromatic heterocycles. The number of nitrogens with zero attached hydrogens (tertiary/aromatic N) is 2. The van der Waals surface area contributed by atoms with Crippen LogP contribution in [0.3, 0.4) is 0 Å². The van der Waals surface area contributed by atoms with Crippen molar-refractivity contribution in [2.75, 3.05) is 44.8 Å². The molecule has 2 saturated heterocycles. The minimum Gasteiger partial charge on any atom is -0.469 e. The standard InChI is InChI=1S/C11H18N2O3S/c1-16-10(14)9-2-3-13(8-9)11(15)12-4-6-17-7-5-12/h9H,2-8H2,1H3. The number of carbonyl (C=O) groups is 2. The predicted octanol–water partition coefficient (Wildman–Crippen LogP) is 0.650. The van der Waals surface area contributed by atoms with E-state index in [2.05, 4.69) is 0 Å². The Morgan fingerprint density at radius 1 is 1.18 bits per heavy atom. The minimum atomic E-state index is -0.200. The highest BCUT2D eigenvalue weighted by atomic mass is 32.2. The lowest BCUT2D eigenvalue weighted by atomic mass is 10.1. The molecule has 0 aromatic rings. The third-order valence-electron chi connectivity index (χ3n) is 3.27. The molecule has 0 radical (unpaired) electrons. The van der Waals surface area contributed by atoms with E-state index in [-0.39, 0.29) is 17.9 Å². The van der Waals surface area contributed by atoms with Crippen LogP contribution in [-0.2, 0) is 9.53 Å². The molecule has 2 heterocycles. The van der Waals surface area contributed by atoms with Gasteiger partial charge in [0.25, 0.3) is 0 Å². The highest BCUT2D eigenvalue weighted by Crippen LogP contribution is 2.20. The average Bonchev–Trinajstić information content (AvgIpc) is 2.87. The van der Waals surface area contributed by atoms with Gasteiger partial charge in [0, 0.05) is 37.7 Å². The number of ether oxygens (including phenoxy) is 1. The fourth-order valence-corrected chi connectivity index (χ4v) is 3.15. The van der Waals surface area contributed by atoms with Crippen LogP contribution in [0.25, 0.3) is 0 Å². The summed E-state index contributed by atoms with van der Waals surface area (Å²) in [4.78, 5) is 27.2. The van der Waals surface area contributed by atoms with Crippen LogP contribution in [0.2, 0.25) is 0 Å². The highest BCUT2D eigenvalue weighted by Gasteiger charge is 2.33. The number of thioether (sulfide) groups is 1. The first-order valence-corrected chi connectivity index (χ1v) is 7.07. The number of carbonyl (C=O) groups excluding carboxylic acids is 2. The van der Waals surface area contributed by atoms with E-state index in [1.165, 1.54) is 7.11 Å². The number of urea groups is 1. The van der Waals surface area contributed by atoms with Gasteiger partial charge in [-0.2, -0.15) is 11.8 Å². The molecule has 0 bridgehead atoms. The van der Waals surface area contributed by atoms with Crippen molar-refractivity contribution in [1.82, 2.24) is 9.80 Å². The van der Waals surface area contributed by atoms with Gasteiger partial charge in [0.2, 0.25) is 0 Å². The molecule has 2 rings (SSSR count). The number of amides is 2. The number of methoxy groups -OCH3 is 1. The molecule has 1 atom stereocenters. The third kappa shape index (κ3) is 2.86. The van der Waals surface area contributed by atoms with Gasteiger partial charge in [-0.3, -0.25) is 4.79 Å². The van der Waals surface area contributed by atoms with E-state index >= 15 is 0 Å². The Labute approximate surface area is 105 Å². The zero-order valence-corrected chi connectivity index (χ0v) is 10.9. The van der Waals surface area contributed by atoms with Gasteiger partial charge in [-0.1, -0.05) is 0 Å². The van der Waals surface area contributed by atoms with Crippen molar-refractivity contribution >= 4 is 23.8 Å². The van der Waals surface area contributed by atoms with Crippen LogP contribution in [0.15, 0.2) is 0 Å². The van der Waals surface area contributed by atoms with Crippen molar-refractivity contribution in [3.8, 4) is 0 Å². The van der Waals surface area contributed by atoms with Crippen LogP contribution in [0.4, 0.5) is 4.79 Å². The molecule has 0 aromatic carbocycles. The summed E-state index contributed by atoms with van der Waals surface area (Å²) in [5.41, 5.74) is 0. The summed E-state index contributed by atoms with van der Waals surface area (Å²) in [6, 6.07) is 0.0803. The topological polar surface area (TPSA) is 49.9 Å². The molecule has 96 valence electrons. The van der Waals surface area contributed by atoms with E-state index in [1.807, 2.05) is 16.7 Å². The number of likely N-dealkylation sites (tertiary alicyclic amines) is 1. The van der Waals surface area contributed by atoms with Gasteiger partial charge in [-0.25, -0.2) is 4.79 Å². The first-order chi connectivity index (χ1) is 8.22. The molecule has 2 aliphatic rings. The molecule has 2 amide bonds. The van der Waals surface area contributed by atoms with Crippen LogP contribution < -0.4 is 0 Å². The molecular weight excluding hydrogens is 240 g/mol. The first kappa shape index (κ1) is 12.5. The van der Waals surface area contributed by atoms with Crippen molar-refractivity contribution < 1.29 is 14.3 Å². The maximum absolute atomic E-state index is 12.1. The number of esters is 1. The van der Waals surface area contributed by atoms with Gasteiger partial charge in [-0.05, 0) is 6.42 Å². The summed E-state index contributed by atoms with van der Waals surface area (Å²) in [6.45, 7) is 2.82. The molecule has 0 saturated carbocycles. The smallest absolute Gasteiger partial charge is 0.320 e. The van der Waals surface area contributed by atoms with Gasteiger partial charge < -0.3 is 14.5 Å². The number of hydrogen-bond acceptors (Lipinski definition) is 4. The molecule has 17 heavy (non-hydrogen) atoms. The number of hydrogen-bond donors (Lipinski definition) is 0. The van der Waals surface area contributed by atoms with Crippen molar-refractivity contribution in [3.63, 3.8) is 0 Å². The summed E-state index contributed by atoms with van der Waals surface area (Å²) in [5, 5.41) is 0. The summed E-state index contributed by atoms with van der Waals surface area (Å²) in [5.74, 6) is 1.69. The fraction of sp³-hybridized carbons (Fsp3) is 0.818. The predicted molar refractivity (Wildman–Crippen MR) is 66.0 cm³/mol. The highest BCUT2D eigenvalue weighted by molar-refractivity contribution is 7.99. The zero-order valence-electron chi connectivity index (χ0n) is 10.1. The molecular formula is C11H18N2O3S. The van der Waals surface area contributed by atoms with Crippen LogP contribution in [-0.4, -0.2) is 66.6 Å². The Morgan fingerprint density at radius 3 is 2.53 bits per heavy atom. The molecule has 0 N–H and O–H groups in total. The van der Waals surface area contributed by atoms with Crippen LogP contribution in [0, 0.1) is 5.92 Å². The van der Waals surface area contributed by atoms with Crippen molar-refractivity contribution in [2.24, 2.45) is 5.92 Å². The van der Waals surface area contributed by atoms with E-state index < -0.39 is 0 Å². The average molecular weight is 258 g/mol. The van der Waals surface area contributed by atoms with E-state index in [4.69, 9.17) is 4.74 Å². The largest absolute Gasteiger partial charge is 0.469 e. The maximum Gasteiger partial charge on any atom is 0.320 e. The van der Waals surface area contributed by atoms with Crippen LogP contribution in [0.1, 0.15) is 6.42 Å². The van der Waals surface area contributed by atoms with Crippen LogP contribution >= 0.6 is 11.8 Å². The van der Waals surface area contributed by atoms with Crippen molar-refractivity contribution in [2.45, 2.75) is 6.42 Å². The van der Waals surface area contributed by atoms with E-state index in [0.717, 1.165) is 31.0 Å². The Bertz CT molecular complexity index is 305. The van der Waals surface area contributed by atoms with E-state index in [1.54, 1.807) is 4.90 Å². The van der Waals surface area contributed by atoms with Crippen molar-refractivity contribution in [3.05, 3.63) is 0 Å². The third-order valence-corrected chi connectivity index (χ3v) is 4.22. The Balaban J connectivity index is 1.87. The van der Waals surface area contributed by atoms with E-state index in [0.29, 0.717) is 13.1 Å². The lowest BCUT2D eigenvalue weighted by Gasteiger charge is -2.30. The molecule has 5 nitrogen and oxygen atoms in total. The van der Waals surface area contributed by atoms with Gasteiger partial charge in [0.05, 0.1) is 13.0 Å². The fourth-order valence-electron chi connectivity index (χ4n) is 2.25. The maximum atomic E-state index is 12.1. The zero-order chi connectivity index (χ0) is 12.3. The molecule has 0 aliphatic carbocycles. The molecule has 0 spiro atoms. The second-order valence-electron chi connectivity index (χ2n) is 4.34. The lowest BCUT2D eigenvalue weighted by molar-refractivity contribution is -0.144. The van der Waals surface area contributed by atoms with Gasteiger partial charge in [0.1, 0.15) is 0 Å². The van der Waals surface area contributed by atoms with E-state index in [9.17, 15) is 9.59 Å². The SMILES string of the molecule is COC(=O)C1CCN(C(=O)N2CCSCC2)C1. The lowest BCUT2D eigenvalue weighted by Crippen LogP contribution is -2.46. The number of rotatable bonds is 1. The Hall–Kier alpha value is -0.910. The Kier molecular flexibility index (Phi) is 4.15. The Morgan fingerprint density at radius 2 is 1.88 bits per heavy atom. The summed E-state index contributed by atoms with van der Waals surface area (Å²) in [6.07, 6.45) is 0.723. The van der Waals surface area contributed by atoms with Crippen molar-refractivity contribution in [1.29, 1.82) is 0 Å². The first-order valence-electron chi connectivity index (χ1n) is 5.92. The summed E-state index contributed by atoms with van der Waals surface area (Å²) >= 11 is 1.88. The van der Waals surface area contributed by atoms with Gasteiger partial charge in [-0.15, -0.1) is 0 Å². The normalized spacial score (nSPS) is 24.9. The monoisotopic (exact) mass is 258 g/mol. The van der Waals surface area contributed by atoms with Crippen LogP contribution in [0.5, 0.6) is 0 Å². The molecule has 2 aliphatic heterocycles. The second kappa shape index (κ2) is 5.62.